The molecule has 23 heavy (non-hydrogen) atoms. The third kappa shape index (κ3) is 4.95. The molecule has 6 nitrogen and oxygen atoms in total. The van der Waals surface area contributed by atoms with Gasteiger partial charge in [0.05, 0.1) is 13.2 Å². The van der Waals surface area contributed by atoms with Crippen LogP contribution in [0.3, 0.4) is 0 Å². The first-order valence-electron chi connectivity index (χ1n) is 7.26. The lowest BCUT2D eigenvalue weighted by molar-refractivity contribution is -0.0511. The van der Waals surface area contributed by atoms with Gasteiger partial charge in [-0.25, -0.2) is 4.79 Å². The number of nitrogens with zero attached hydrogens (tertiary/aromatic N) is 1. The minimum absolute atomic E-state index is 0.0411. The lowest BCUT2D eigenvalue weighted by Gasteiger charge is -2.21. The second kappa shape index (κ2) is 7.96. The fourth-order valence-corrected chi connectivity index (χ4v) is 2.34. The molecule has 0 bridgehead atoms. The molecule has 0 aromatic heterocycles. The summed E-state index contributed by atoms with van der Waals surface area (Å²) in [5, 5.41) is 2.63. The molecule has 1 fully saturated rings. The molecular formula is C15H20F2N2O4. The van der Waals surface area contributed by atoms with Gasteiger partial charge < -0.3 is 24.4 Å². The highest BCUT2D eigenvalue weighted by Gasteiger charge is 2.20. The van der Waals surface area contributed by atoms with Crippen molar-refractivity contribution in [1.82, 2.24) is 4.90 Å². The van der Waals surface area contributed by atoms with Gasteiger partial charge in [0.15, 0.2) is 11.5 Å². The lowest BCUT2D eigenvalue weighted by Crippen LogP contribution is -2.37. The van der Waals surface area contributed by atoms with E-state index in [2.05, 4.69) is 10.1 Å². The highest BCUT2D eigenvalue weighted by Crippen LogP contribution is 2.31. The van der Waals surface area contributed by atoms with E-state index in [0.29, 0.717) is 18.8 Å². The molecule has 1 N–H and O–H groups in total. The summed E-state index contributed by atoms with van der Waals surface area (Å²) in [4.78, 5) is 13.6. The zero-order chi connectivity index (χ0) is 16.8. The number of urea groups is 1. The summed E-state index contributed by atoms with van der Waals surface area (Å²) in [5.74, 6) is 0.0260. The van der Waals surface area contributed by atoms with Crippen LogP contribution in [-0.2, 0) is 4.74 Å². The average molecular weight is 330 g/mol. The first-order chi connectivity index (χ1) is 11.0. The van der Waals surface area contributed by atoms with Crippen LogP contribution in [0.25, 0.3) is 0 Å². The van der Waals surface area contributed by atoms with Crippen molar-refractivity contribution in [2.75, 3.05) is 32.6 Å². The molecule has 0 spiro atoms. The second-order valence-corrected chi connectivity index (χ2v) is 5.19. The van der Waals surface area contributed by atoms with E-state index in [1.54, 1.807) is 13.1 Å². The van der Waals surface area contributed by atoms with Gasteiger partial charge in [-0.3, -0.25) is 0 Å². The molecule has 2 rings (SSSR count). The van der Waals surface area contributed by atoms with Crippen molar-refractivity contribution in [2.45, 2.75) is 25.6 Å². The van der Waals surface area contributed by atoms with Gasteiger partial charge in [0.2, 0.25) is 0 Å². The van der Waals surface area contributed by atoms with E-state index in [0.717, 1.165) is 12.8 Å². The Labute approximate surface area is 133 Å². The normalized spacial score (nSPS) is 17.2. The maximum atomic E-state index is 12.4. The molecular weight excluding hydrogens is 310 g/mol. The maximum absolute atomic E-state index is 12.4. The molecule has 0 unspecified atom stereocenters. The van der Waals surface area contributed by atoms with Gasteiger partial charge in [-0.15, -0.1) is 0 Å². The molecule has 1 aliphatic rings. The molecule has 1 heterocycles. The number of likely N-dealkylation sites (N-methyl/N-ethyl adjacent to an activating group) is 1. The van der Waals surface area contributed by atoms with Crippen LogP contribution in [0.4, 0.5) is 19.3 Å². The minimum Gasteiger partial charge on any atom is -0.493 e. The summed E-state index contributed by atoms with van der Waals surface area (Å²) in [6, 6.07) is 3.94. The van der Waals surface area contributed by atoms with Gasteiger partial charge in [0.25, 0.3) is 0 Å². The van der Waals surface area contributed by atoms with Crippen molar-refractivity contribution in [3.8, 4) is 11.5 Å². The highest BCUT2D eigenvalue weighted by molar-refractivity contribution is 5.89. The standard InChI is InChI=1S/C15H20F2N2O4/c1-19(9-11-4-3-7-22-11)15(20)18-10-5-6-12(21-2)13(8-10)23-14(16)17/h5-6,8,11,14H,3-4,7,9H2,1-2H3,(H,18,20)/t11-/m1/s1. The quantitative estimate of drug-likeness (QED) is 0.871. The molecule has 1 atom stereocenters. The number of nitrogens with one attached hydrogen (secondary N) is 1. The van der Waals surface area contributed by atoms with Crippen molar-refractivity contribution >= 4 is 11.7 Å². The van der Waals surface area contributed by atoms with Crippen molar-refractivity contribution in [2.24, 2.45) is 0 Å². The SMILES string of the molecule is COc1ccc(NC(=O)N(C)C[C@H]2CCCO2)cc1OC(F)F. The average Bonchev–Trinajstić information content (AvgIpc) is 2.99. The Hall–Kier alpha value is -2.09. The first-order valence-corrected chi connectivity index (χ1v) is 7.26. The number of carbonyl (C=O) groups excluding carboxylic acids is 1. The number of hydrogen-bond donors (Lipinski definition) is 1. The first kappa shape index (κ1) is 17.3. The molecule has 0 radical (unpaired) electrons. The van der Waals surface area contributed by atoms with Crippen LogP contribution >= 0.6 is 0 Å². The Bertz CT molecular complexity index is 536. The molecule has 2 amide bonds. The van der Waals surface area contributed by atoms with Crippen LogP contribution in [0.5, 0.6) is 11.5 Å². The number of halogens is 2. The van der Waals surface area contributed by atoms with Gasteiger partial charge in [-0.05, 0) is 25.0 Å². The van der Waals surface area contributed by atoms with Crippen LogP contribution in [0.15, 0.2) is 18.2 Å². The molecule has 1 aliphatic heterocycles. The molecule has 1 aromatic carbocycles. The molecule has 1 aromatic rings. The van der Waals surface area contributed by atoms with E-state index in [9.17, 15) is 13.6 Å². The Balaban J connectivity index is 1.99. The Morgan fingerprint density at radius 2 is 2.26 bits per heavy atom. The molecule has 128 valence electrons. The zero-order valence-electron chi connectivity index (χ0n) is 13.1. The van der Waals surface area contributed by atoms with Crippen LogP contribution in [-0.4, -0.2) is 51.0 Å². The third-order valence-corrected chi connectivity index (χ3v) is 3.48. The number of amides is 2. The molecule has 1 saturated heterocycles. The number of methoxy groups -OCH3 is 1. The summed E-state index contributed by atoms with van der Waals surface area (Å²) in [7, 11) is 3.00. The fraction of sp³-hybridized carbons (Fsp3) is 0.533. The summed E-state index contributed by atoms with van der Waals surface area (Å²) in [6.45, 7) is -1.79. The van der Waals surface area contributed by atoms with Crippen molar-refractivity contribution in [3.05, 3.63) is 18.2 Å². The van der Waals surface area contributed by atoms with E-state index < -0.39 is 6.61 Å². The van der Waals surface area contributed by atoms with Crippen LogP contribution in [0, 0.1) is 0 Å². The van der Waals surface area contributed by atoms with Gasteiger partial charge in [0.1, 0.15) is 0 Å². The van der Waals surface area contributed by atoms with E-state index in [-0.39, 0.29) is 23.6 Å². The summed E-state index contributed by atoms with van der Waals surface area (Å²) in [6.07, 6.45) is 1.96. The molecule has 0 saturated carbocycles. The molecule has 8 heteroatoms. The predicted molar refractivity (Wildman–Crippen MR) is 80.2 cm³/mol. The number of anilines is 1. The lowest BCUT2D eigenvalue weighted by atomic mass is 10.2. The second-order valence-electron chi connectivity index (χ2n) is 5.19. The number of carbonyl (C=O) groups is 1. The Morgan fingerprint density at radius 3 is 2.87 bits per heavy atom. The smallest absolute Gasteiger partial charge is 0.387 e. The van der Waals surface area contributed by atoms with Gasteiger partial charge in [-0.1, -0.05) is 0 Å². The van der Waals surface area contributed by atoms with Crippen molar-refractivity contribution in [1.29, 1.82) is 0 Å². The van der Waals surface area contributed by atoms with Gasteiger partial charge in [0, 0.05) is 32.0 Å². The van der Waals surface area contributed by atoms with Crippen LogP contribution < -0.4 is 14.8 Å². The summed E-state index contributed by atoms with van der Waals surface area (Å²) < 4.78 is 39.6. The summed E-state index contributed by atoms with van der Waals surface area (Å²) in [5.41, 5.74) is 0.339. The number of hydrogen-bond acceptors (Lipinski definition) is 4. The number of ether oxygens (including phenoxy) is 3. The number of benzene rings is 1. The minimum atomic E-state index is -2.97. The zero-order valence-corrected chi connectivity index (χ0v) is 13.1. The monoisotopic (exact) mass is 330 g/mol. The van der Waals surface area contributed by atoms with E-state index in [1.165, 1.54) is 24.1 Å². The van der Waals surface area contributed by atoms with E-state index in [1.807, 2.05) is 0 Å². The Morgan fingerprint density at radius 1 is 1.48 bits per heavy atom. The van der Waals surface area contributed by atoms with Crippen molar-refractivity contribution in [3.63, 3.8) is 0 Å². The number of alkyl halides is 2. The van der Waals surface area contributed by atoms with Gasteiger partial charge in [-0.2, -0.15) is 8.78 Å². The van der Waals surface area contributed by atoms with Crippen molar-refractivity contribution < 1.29 is 27.8 Å². The fourth-order valence-electron chi connectivity index (χ4n) is 2.34. The highest BCUT2D eigenvalue weighted by atomic mass is 19.3. The van der Waals surface area contributed by atoms with Crippen LogP contribution in [0.1, 0.15) is 12.8 Å². The number of rotatable bonds is 6. The Kier molecular flexibility index (Phi) is 5.97. The summed E-state index contributed by atoms with van der Waals surface area (Å²) >= 11 is 0. The van der Waals surface area contributed by atoms with Gasteiger partial charge >= 0.3 is 12.6 Å². The molecule has 0 aliphatic carbocycles. The maximum Gasteiger partial charge on any atom is 0.387 e. The largest absolute Gasteiger partial charge is 0.493 e. The van der Waals surface area contributed by atoms with E-state index in [4.69, 9.17) is 9.47 Å². The third-order valence-electron chi connectivity index (χ3n) is 3.48. The van der Waals surface area contributed by atoms with Crippen LogP contribution in [0.2, 0.25) is 0 Å². The topological polar surface area (TPSA) is 60.0 Å². The van der Waals surface area contributed by atoms with E-state index >= 15 is 0 Å². The predicted octanol–water partition coefficient (Wildman–Crippen LogP) is 2.94.